The van der Waals surface area contributed by atoms with Gasteiger partial charge in [-0.2, -0.15) is 0 Å². The highest BCUT2D eigenvalue weighted by atomic mass is 32.1. The van der Waals surface area contributed by atoms with E-state index in [-0.39, 0.29) is 0 Å². The number of unbranched alkanes of at least 4 members (excludes halogenated alkanes) is 1. The highest BCUT2D eigenvalue weighted by molar-refractivity contribution is 7.13. The Labute approximate surface area is 107 Å². The van der Waals surface area contributed by atoms with Crippen molar-refractivity contribution in [3.63, 3.8) is 0 Å². The van der Waals surface area contributed by atoms with Crippen molar-refractivity contribution in [1.29, 1.82) is 0 Å². The van der Waals surface area contributed by atoms with Crippen molar-refractivity contribution in [3.05, 3.63) is 41.4 Å². The molecule has 0 saturated heterocycles. The van der Waals surface area contributed by atoms with Crippen LogP contribution in [0.4, 0.5) is 0 Å². The van der Waals surface area contributed by atoms with E-state index in [1.54, 1.807) is 11.3 Å². The fraction of sp³-hybridized carbons (Fsp3) is 0.357. The summed E-state index contributed by atoms with van der Waals surface area (Å²) in [7, 11) is 0. The number of thiazole rings is 1. The second-order valence-electron chi connectivity index (χ2n) is 4.04. The first-order valence-electron chi connectivity index (χ1n) is 6.10. The van der Waals surface area contributed by atoms with Crippen LogP contribution in [0.1, 0.15) is 25.5 Å². The number of nitrogens with one attached hydrogen (secondary N) is 1. The van der Waals surface area contributed by atoms with E-state index in [1.165, 1.54) is 18.4 Å². The third kappa shape index (κ3) is 3.65. The SMILES string of the molecule is CCCCNCc1csc(-c2ccccc2)n1. The van der Waals surface area contributed by atoms with Gasteiger partial charge in [0.05, 0.1) is 5.69 Å². The number of nitrogens with zero attached hydrogens (tertiary/aromatic N) is 1. The lowest BCUT2D eigenvalue weighted by molar-refractivity contribution is 0.635. The summed E-state index contributed by atoms with van der Waals surface area (Å²) in [5.41, 5.74) is 2.35. The quantitative estimate of drug-likeness (QED) is 0.786. The Bertz CT molecular complexity index is 436. The maximum Gasteiger partial charge on any atom is 0.123 e. The van der Waals surface area contributed by atoms with Gasteiger partial charge in [0.2, 0.25) is 0 Å². The van der Waals surface area contributed by atoms with E-state index in [1.807, 2.05) is 6.07 Å². The van der Waals surface area contributed by atoms with Crippen molar-refractivity contribution in [2.75, 3.05) is 6.54 Å². The van der Waals surface area contributed by atoms with Gasteiger partial charge >= 0.3 is 0 Å². The molecule has 90 valence electrons. The molecule has 1 heterocycles. The molecule has 0 bridgehead atoms. The smallest absolute Gasteiger partial charge is 0.123 e. The molecule has 0 spiro atoms. The van der Waals surface area contributed by atoms with Crippen molar-refractivity contribution in [2.45, 2.75) is 26.3 Å². The fourth-order valence-electron chi connectivity index (χ4n) is 1.62. The summed E-state index contributed by atoms with van der Waals surface area (Å²) in [5.74, 6) is 0. The van der Waals surface area contributed by atoms with Crippen LogP contribution >= 0.6 is 11.3 Å². The van der Waals surface area contributed by atoms with Crippen molar-refractivity contribution < 1.29 is 0 Å². The first-order chi connectivity index (χ1) is 8.40. The molecule has 0 amide bonds. The molecule has 0 aliphatic heterocycles. The molecule has 0 unspecified atom stereocenters. The molecular weight excluding hydrogens is 228 g/mol. The summed E-state index contributed by atoms with van der Waals surface area (Å²) in [5, 5.41) is 6.66. The second kappa shape index (κ2) is 6.52. The lowest BCUT2D eigenvalue weighted by Crippen LogP contribution is -2.14. The summed E-state index contributed by atoms with van der Waals surface area (Å²) in [4.78, 5) is 4.63. The van der Waals surface area contributed by atoms with Crippen LogP contribution in [-0.2, 0) is 6.54 Å². The molecule has 0 aliphatic rings. The summed E-state index contributed by atoms with van der Waals surface area (Å²) in [6, 6.07) is 10.3. The molecular formula is C14H18N2S. The molecule has 0 radical (unpaired) electrons. The fourth-order valence-corrected chi connectivity index (χ4v) is 2.45. The van der Waals surface area contributed by atoms with Crippen LogP contribution in [-0.4, -0.2) is 11.5 Å². The van der Waals surface area contributed by atoms with Gasteiger partial charge in [0.25, 0.3) is 0 Å². The van der Waals surface area contributed by atoms with Crippen LogP contribution in [0.25, 0.3) is 10.6 Å². The highest BCUT2D eigenvalue weighted by Crippen LogP contribution is 2.22. The largest absolute Gasteiger partial charge is 0.311 e. The number of aromatic nitrogens is 1. The van der Waals surface area contributed by atoms with E-state index in [4.69, 9.17) is 0 Å². The van der Waals surface area contributed by atoms with Crippen molar-refractivity contribution >= 4 is 11.3 Å². The van der Waals surface area contributed by atoms with Gasteiger partial charge in [-0.05, 0) is 13.0 Å². The van der Waals surface area contributed by atoms with Crippen LogP contribution in [0.3, 0.4) is 0 Å². The Morgan fingerprint density at radius 1 is 1.24 bits per heavy atom. The maximum absolute atomic E-state index is 4.63. The van der Waals surface area contributed by atoms with Crippen LogP contribution < -0.4 is 5.32 Å². The molecule has 0 saturated carbocycles. The van der Waals surface area contributed by atoms with Crippen LogP contribution in [0.15, 0.2) is 35.7 Å². The molecule has 17 heavy (non-hydrogen) atoms. The van der Waals surface area contributed by atoms with Gasteiger partial charge in [-0.1, -0.05) is 43.7 Å². The van der Waals surface area contributed by atoms with Crippen LogP contribution in [0, 0.1) is 0 Å². The molecule has 3 heteroatoms. The Kier molecular flexibility index (Phi) is 4.71. The van der Waals surface area contributed by atoms with Crippen molar-refractivity contribution in [1.82, 2.24) is 10.3 Å². The number of hydrogen-bond donors (Lipinski definition) is 1. The van der Waals surface area contributed by atoms with Gasteiger partial charge in [-0.25, -0.2) is 4.98 Å². The van der Waals surface area contributed by atoms with Gasteiger partial charge in [-0.3, -0.25) is 0 Å². The van der Waals surface area contributed by atoms with E-state index in [0.717, 1.165) is 23.8 Å². The Hall–Kier alpha value is -1.19. The topological polar surface area (TPSA) is 24.9 Å². The molecule has 0 aliphatic carbocycles. The average molecular weight is 246 g/mol. The van der Waals surface area contributed by atoms with Gasteiger partial charge in [0, 0.05) is 17.5 Å². The minimum absolute atomic E-state index is 0.878. The molecule has 2 nitrogen and oxygen atoms in total. The lowest BCUT2D eigenvalue weighted by Gasteiger charge is -2.00. The van der Waals surface area contributed by atoms with Crippen LogP contribution in [0.5, 0.6) is 0 Å². The minimum Gasteiger partial charge on any atom is -0.311 e. The van der Waals surface area contributed by atoms with Gasteiger partial charge in [0.1, 0.15) is 5.01 Å². The zero-order valence-electron chi connectivity index (χ0n) is 10.1. The van der Waals surface area contributed by atoms with Crippen molar-refractivity contribution in [2.24, 2.45) is 0 Å². The molecule has 2 rings (SSSR count). The third-order valence-electron chi connectivity index (χ3n) is 2.59. The summed E-state index contributed by atoms with van der Waals surface area (Å²) < 4.78 is 0. The lowest BCUT2D eigenvalue weighted by atomic mass is 10.2. The van der Waals surface area contributed by atoms with Gasteiger partial charge in [0.15, 0.2) is 0 Å². The normalized spacial score (nSPS) is 10.6. The molecule has 1 aromatic carbocycles. The zero-order chi connectivity index (χ0) is 11.9. The summed E-state index contributed by atoms with van der Waals surface area (Å²) in [6.07, 6.45) is 2.47. The second-order valence-corrected chi connectivity index (χ2v) is 4.90. The Balaban J connectivity index is 1.92. The van der Waals surface area contributed by atoms with Gasteiger partial charge < -0.3 is 5.32 Å². The first-order valence-corrected chi connectivity index (χ1v) is 6.98. The zero-order valence-corrected chi connectivity index (χ0v) is 11.0. The first kappa shape index (κ1) is 12.3. The molecule has 1 N–H and O–H groups in total. The Morgan fingerprint density at radius 2 is 2.06 bits per heavy atom. The molecule has 2 aromatic rings. The highest BCUT2D eigenvalue weighted by Gasteiger charge is 2.03. The summed E-state index contributed by atoms with van der Waals surface area (Å²) >= 11 is 1.72. The minimum atomic E-state index is 0.878. The van der Waals surface area contributed by atoms with E-state index in [9.17, 15) is 0 Å². The number of hydrogen-bond acceptors (Lipinski definition) is 3. The predicted molar refractivity (Wildman–Crippen MR) is 74.2 cm³/mol. The van der Waals surface area contributed by atoms with E-state index < -0.39 is 0 Å². The molecule has 1 aromatic heterocycles. The average Bonchev–Trinajstić information content (AvgIpc) is 2.85. The Morgan fingerprint density at radius 3 is 2.82 bits per heavy atom. The standard InChI is InChI=1S/C14H18N2S/c1-2-3-9-15-10-13-11-17-14(16-13)12-7-5-4-6-8-12/h4-8,11,15H,2-3,9-10H2,1H3. The molecule has 0 fully saturated rings. The van der Waals surface area contributed by atoms with E-state index in [0.29, 0.717) is 0 Å². The summed E-state index contributed by atoms with van der Waals surface area (Å²) in [6.45, 7) is 4.16. The van der Waals surface area contributed by atoms with Gasteiger partial charge in [-0.15, -0.1) is 11.3 Å². The van der Waals surface area contributed by atoms with E-state index in [2.05, 4.69) is 46.9 Å². The number of benzene rings is 1. The van der Waals surface area contributed by atoms with E-state index >= 15 is 0 Å². The van der Waals surface area contributed by atoms with Crippen LogP contribution in [0.2, 0.25) is 0 Å². The predicted octanol–water partition coefficient (Wildman–Crippen LogP) is 3.70. The van der Waals surface area contributed by atoms with Crippen molar-refractivity contribution in [3.8, 4) is 10.6 Å². The third-order valence-corrected chi connectivity index (χ3v) is 3.53. The monoisotopic (exact) mass is 246 g/mol. The maximum atomic E-state index is 4.63. The number of rotatable bonds is 6. The molecule has 0 atom stereocenters.